The number of benzene rings is 1. The van der Waals surface area contributed by atoms with Gasteiger partial charge >= 0.3 is 0 Å². The van der Waals surface area contributed by atoms with Gasteiger partial charge in [0.25, 0.3) is 0 Å². The van der Waals surface area contributed by atoms with Gasteiger partial charge < -0.3 is 15.5 Å². The normalized spacial score (nSPS) is 19.6. The summed E-state index contributed by atoms with van der Waals surface area (Å²) < 4.78 is 0. The van der Waals surface area contributed by atoms with Crippen molar-refractivity contribution in [3.05, 3.63) is 35.9 Å². The van der Waals surface area contributed by atoms with E-state index in [-0.39, 0.29) is 23.8 Å². The van der Waals surface area contributed by atoms with Gasteiger partial charge in [-0.25, -0.2) is 0 Å². The highest BCUT2D eigenvalue weighted by Crippen LogP contribution is 2.15. The number of nitrogens with one attached hydrogen (secondary N) is 2. The monoisotopic (exact) mass is 289 g/mol. The predicted molar refractivity (Wildman–Crippen MR) is 81.5 cm³/mol. The summed E-state index contributed by atoms with van der Waals surface area (Å²) in [6, 6.07) is 9.54. The van der Waals surface area contributed by atoms with Gasteiger partial charge in [0.05, 0.1) is 0 Å². The SMILES string of the molecule is CNCC(C)C(=O)NC1CCN(Cc2ccccc2)C1=O. The van der Waals surface area contributed by atoms with Crippen LogP contribution in [0, 0.1) is 5.92 Å². The third kappa shape index (κ3) is 4.04. The molecule has 0 aliphatic carbocycles. The van der Waals surface area contributed by atoms with Crippen LogP contribution in [-0.4, -0.2) is 42.9 Å². The predicted octanol–water partition coefficient (Wildman–Crippen LogP) is 0.759. The molecule has 0 bridgehead atoms. The second-order valence-electron chi connectivity index (χ2n) is 5.55. The number of carbonyl (C=O) groups excluding carboxylic acids is 2. The summed E-state index contributed by atoms with van der Waals surface area (Å²) in [4.78, 5) is 26.1. The van der Waals surface area contributed by atoms with Gasteiger partial charge in [-0.05, 0) is 19.0 Å². The number of amides is 2. The Hall–Kier alpha value is -1.88. The fourth-order valence-electron chi connectivity index (χ4n) is 2.55. The maximum absolute atomic E-state index is 12.3. The zero-order chi connectivity index (χ0) is 15.2. The summed E-state index contributed by atoms with van der Waals surface area (Å²) in [6.07, 6.45) is 0.684. The second kappa shape index (κ2) is 7.22. The molecule has 0 radical (unpaired) electrons. The van der Waals surface area contributed by atoms with Crippen molar-refractivity contribution in [3.8, 4) is 0 Å². The largest absolute Gasteiger partial charge is 0.344 e. The molecule has 0 spiro atoms. The van der Waals surface area contributed by atoms with E-state index in [0.29, 0.717) is 26.1 Å². The first-order chi connectivity index (χ1) is 10.1. The summed E-state index contributed by atoms with van der Waals surface area (Å²) in [6.45, 7) is 3.77. The number of carbonyl (C=O) groups is 2. The number of rotatable bonds is 6. The second-order valence-corrected chi connectivity index (χ2v) is 5.55. The van der Waals surface area contributed by atoms with Crippen LogP contribution in [0.5, 0.6) is 0 Å². The Morgan fingerprint density at radius 2 is 2.10 bits per heavy atom. The molecule has 1 aliphatic heterocycles. The Kier molecular flexibility index (Phi) is 5.33. The van der Waals surface area contributed by atoms with E-state index < -0.39 is 0 Å². The third-order valence-electron chi connectivity index (χ3n) is 3.79. The molecule has 2 amide bonds. The van der Waals surface area contributed by atoms with Crippen molar-refractivity contribution in [2.24, 2.45) is 5.92 Å². The van der Waals surface area contributed by atoms with Gasteiger partial charge in [-0.15, -0.1) is 0 Å². The molecule has 1 aromatic carbocycles. The number of nitrogens with zero attached hydrogens (tertiary/aromatic N) is 1. The van der Waals surface area contributed by atoms with Crippen molar-refractivity contribution in [2.75, 3.05) is 20.1 Å². The van der Waals surface area contributed by atoms with E-state index in [9.17, 15) is 9.59 Å². The van der Waals surface area contributed by atoms with Gasteiger partial charge in [0.15, 0.2) is 0 Å². The number of hydrogen-bond acceptors (Lipinski definition) is 3. The minimum Gasteiger partial charge on any atom is -0.344 e. The Bertz CT molecular complexity index is 490. The molecule has 1 aliphatic rings. The summed E-state index contributed by atoms with van der Waals surface area (Å²) in [5.74, 6) is -0.181. The Balaban J connectivity index is 1.88. The molecule has 1 aromatic rings. The summed E-state index contributed by atoms with van der Waals surface area (Å²) in [5.41, 5.74) is 1.11. The number of likely N-dealkylation sites (tertiary alicyclic amines) is 1. The van der Waals surface area contributed by atoms with E-state index in [0.717, 1.165) is 5.56 Å². The van der Waals surface area contributed by atoms with E-state index in [2.05, 4.69) is 10.6 Å². The molecule has 1 fully saturated rings. The maximum Gasteiger partial charge on any atom is 0.245 e. The zero-order valence-corrected chi connectivity index (χ0v) is 12.6. The molecule has 5 heteroatoms. The average Bonchev–Trinajstić information content (AvgIpc) is 2.81. The highest BCUT2D eigenvalue weighted by Gasteiger charge is 2.33. The molecule has 0 aromatic heterocycles. The van der Waals surface area contributed by atoms with Crippen molar-refractivity contribution >= 4 is 11.8 Å². The van der Waals surface area contributed by atoms with E-state index in [1.165, 1.54) is 0 Å². The Morgan fingerprint density at radius 1 is 1.38 bits per heavy atom. The summed E-state index contributed by atoms with van der Waals surface area (Å²) >= 11 is 0. The van der Waals surface area contributed by atoms with Crippen LogP contribution in [0.3, 0.4) is 0 Å². The average molecular weight is 289 g/mol. The van der Waals surface area contributed by atoms with Crippen molar-refractivity contribution in [3.63, 3.8) is 0 Å². The van der Waals surface area contributed by atoms with Crippen LogP contribution in [0.15, 0.2) is 30.3 Å². The van der Waals surface area contributed by atoms with Gasteiger partial charge in [-0.1, -0.05) is 37.3 Å². The minimum atomic E-state index is -0.375. The summed E-state index contributed by atoms with van der Waals surface area (Å²) in [5, 5.41) is 5.83. The van der Waals surface area contributed by atoms with Crippen LogP contribution >= 0.6 is 0 Å². The van der Waals surface area contributed by atoms with E-state index in [4.69, 9.17) is 0 Å². The first kappa shape index (κ1) is 15.5. The van der Waals surface area contributed by atoms with Crippen LogP contribution in [0.4, 0.5) is 0 Å². The molecular formula is C16H23N3O2. The number of hydrogen-bond donors (Lipinski definition) is 2. The molecule has 2 unspecified atom stereocenters. The molecule has 2 atom stereocenters. The molecule has 2 N–H and O–H groups in total. The van der Waals surface area contributed by atoms with Crippen molar-refractivity contribution in [2.45, 2.75) is 25.9 Å². The summed E-state index contributed by atoms with van der Waals surface area (Å²) in [7, 11) is 1.81. The molecule has 21 heavy (non-hydrogen) atoms. The standard InChI is InChI=1S/C16H23N3O2/c1-12(10-17-2)15(20)18-14-8-9-19(16(14)21)11-13-6-4-3-5-7-13/h3-7,12,14,17H,8-11H2,1-2H3,(H,18,20). The molecule has 2 rings (SSSR count). The van der Waals surface area contributed by atoms with Crippen molar-refractivity contribution in [1.82, 2.24) is 15.5 Å². The van der Waals surface area contributed by atoms with Gasteiger partial charge in [0, 0.05) is 25.6 Å². The van der Waals surface area contributed by atoms with Crippen LogP contribution in [0.25, 0.3) is 0 Å². The Morgan fingerprint density at radius 3 is 2.76 bits per heavy atom. The molecule has 1 heterocycles. The fraction of sp³-hybridized carbons (Fsp3) is 0.500. The van der Waals surface area contributed by atoms with Crippen LogP contribution in [0.2, 0.25) is 0 Å². The lowest BCUT2D eigenvalue weighted by Gasteiger charge is -2.18. The lowest BCUT2D eigenvalue weighted by atomic mass is 10.1. The molecule has 1 saturated heterocycles. The zero-order valence-electron chi connectivity index (χ0n) is 12.6. The quantitative estimate of drug-likeness (QED) is 0.813. The molecule has 114 valence electrons. The lowest BCUT2D eigenvalue weighted by Crippen LogP contribution is -2.44. The minimum absolute atomic E-state index is 0.0175. The van der Waals surface area contributed by atoms with Crippen LogP contribution in [-0.2, 0) is 16.1 Å². The van der Waals surface area contributed by atoms with Gasteiger partial charge in [0.2, 0.25) is 11.8 Å². The Labute approximate surface area is 125 Å². The highest BCUT2D eigenvalue weighted by atomic mass is 16.2. The lowest BCUT2D eigenvalue weighted by molar-refractivity contribution is -0.134. The first-order valence-corrected chi connectivity index (χ1v) is 7.39. The van der Waals surface area contributed by atoms with Gasteiger partial charge in [-0.3, -0.25) is 9.59 Å². The van der Waals surface area contributed by atoms with Crippen molar-refractivity contribution in [1.29, 1.82) is 0 Å². The van der Waals surface area contributed by atoms with Crippen LogP contribution in [0.1, 0.15) is 18.9 Å². The van der Waals surface area contributed by atoms with Crippen molar-refractivity contribution < 1.29 is 9.59 Å². The van der Waals surface area contributed by atoms with E-state index >= 15 is 0 Å². The van der Waals surface area contributed by atoms with Crippen LogP contribution < -0.4 is 10.6 Å². The highest BCUT2D eigenvalue weighted by molar-refractivity contribution is 5.89. The van der Waals surface area contributed by atoms with E-state index in [1.807, 2.05) is 49.2 Å². The fourth-order valence-corrected chi connectivity index (χ4v) is 2.55. The smallest absolute Gasteiger partial charge is 0.245 e. The topological polar surface area (TPSA) is 61.4 Å². The molecule has 0 saturated carbocycles. The third-order valence-corrected chi connectivity index (χ3v) is 3.79. The first-order valence-electron chi connectivity index (χ1n) is 7.39. The van der Waals surface area contributed by atoms with Gasteiger partial charge in [0.1, 0.15) is 6.04 Å². The molecular weight excluding hydrogens is 266 g/mol. The van der Waals surface area contributed by atoms with E-state index in [1.54, 1.807) is 0 Å². The molecule has 5 nitrogen and oxygen atoms in total. The van der Waals surface area contributed by atoms with Gasteiger partial charge in [-0.2, -0.15) is 0 Å². The maximum atomic E-state index is 12.3.